The molecule has 1 N–H and O–H groups in total. The minimum Gasteiger partial charge on any atom is -0.495 e. The number of anilines is 1. The van der Waals surface area contributed by atoms with E-state index in [-0.39, 0.29) is 12.0 Å². The molecular formula is C13H18BrNO2. The molecule has 1 fully saturated rings. The van der Waals surface area contributed by atoms with Crippen molar-refractivity contribution < 1.29 is 9.84 Å². The Balaban J connectivity index is 2.17. The lowest BCUT2D eigenvalue weighted by Gasteiger charge is -2.26. The molecule has 0 atom stereocenters. The Bertz CT molecular complexity index is 404. The lowest BCUT2D eigenvalue weighted by atomic mass is 10.1. The molecule has 4 heteroatoms. The number of hydrogen-bond donors (Lipinski definition) is 1. The Morgan fingerprint density at radius 3 is 2.71 bits per heavy atom. The van der Waals surface area contributed by atoms with Crippen LogP contribution in [0.4, 0.5) is 5.69 Å². The van der Waals surface area contributed by atoms with Crippen LogP contribution in [0.25, 0.3) is 0 Å². The third kappa shape index (κ3) is 2.75. The van der Waals surface area contributed by atoms with Crippen molar-refractivity contribution in [3.63, 3.8) is 0 Å². The van der Waals surface area contributed by atoms with Gasteiger partial charge in [0.05, 0.1) is 19.4 Å². The van der Waals surface area contributed by atoms with Gasteiger partial charge in [-0.1, -0.05) is 15.9 Å². The maximum Gasteiger partial charge on any atom is 0.142 e. The Kier molecular flexibility index (Phi) is 3.64. The van der Waals surface area contributed by atoms with E-state index in [1.807, 2.05) is 25.2 Å². The number of methoxy groups -OCH3 is 1. The summed E-state index contributed by atoms with van der Waals surface area (Å²) in [7, 11) is 3.72. The molecule has 0 heterocycles. The van der Waals surface area contributed by atoms with Crippen LogP contribution in [-0.2, 0) is 0 Å². The summed E-state index contributed by atoms with van der Waals surface area (Å²) in [5.41, 5.74) is 1.17. The molecule has 17 heavy (non-hydrogen) atoms. The van der Waals surface area contributed by atoms with Gasteiger partial charge in [-0.2, -0.15) is 0 Å². The molecule has 1 aromatic rings. The molecule has 0 radical (unpaired) electrons. The third-order valence-corrected chi connectivity index (χ3v) is 3.91. The van der Waals surface area contributed by atoms with Crippen LogP contribution in [0.3, 0.4) is 0 Å². The van der Waals surface area contributed by atoms with Crippen LogP contribution in [0, 0.1) is 5.41 Å². The maximum atomic E-state index is 9.37. The zero-order valence-corrected chi connectivity index (χ0v) is 11.8. The summed E-state index contributed by atoms with van der Waals surface area (Å²) in [6, 6.07) is 5.97. The van der Waals surface area contributed by atoms with Crippen molar-refractivity contribution in [2.75, 3.05) is 32.2 Å². The van der Waals surface area contributed by atoms with Gasteiger partial charge in [0.15, 0.2) is 0 Å². The van der Waals surface area contributed by atoms with Gasteiger partial charge in [-0.05, 0) is 31.0 Å². The molecule has 0 spiro atoms. The van der Waals surface area contributed by atoms with Gasteiger partial charge in [0.25, 0.3) is 0 Å². The summed E-state index contributed by atoms with van der Waals surface area (Å²) >= 11 is 3.47. The fourth-order valence-electron chi connectivity index (χ4n) is 2.09. The van der Waals surface area contributed by atoms with Crippen molar-refractivity contribution in [2.24, 2.45) is 5.41 Å². The van der Waals surface area contributed by atoms with Crippen LogP contribution >= 0.6 is 15.9 Å². The van der Waals surface area contributed by atoms with Crippen LogP contribution in [0.5, 0.6) is 5.75 Å². The number of aliphatic hydroxyl groups excluding tert-OH is 1. The molecule has 1 aliphatic rings. The van der Waals surface area contributed by atoms with Gasteiger partial charge in [0.1, 0.15) is 5.75 Å². The Hall–Kier alpha value is -0.740. The number of benzene rings is 1. The number of aliphatic hydroxyl groups is 1. The monoisotopic (exact) mass is 299 g/mol. The van der Waals surface area contributed by atoms with E-state index in [9.17, 15) is 5.11 Å². The van der Waals surface area contributed by atoms with Crippen molar-refractivity contribution >= 4 is 21.6 Å². The van der Waals surface area contributed by atoms with Gasteiger partial charge in [-0.3, -0.25) is 0 Å². The molecule has 1 saturated carbocycles. The molecule has 0 aliphatic heterocycles. The van der Waals surface area contributed by atoms with Gasteiger partial charge in [-0.25, -0.2) is 0 Å². The number of nitrogens with zero attached hydrogens (tertiary/aromatic N) is 1. The first-order chi connectivity index (χ1) is 8.10. The molecular weight excluding hydrogens is 282 g/mol. The second-order valence-electron chi connectivity index (χ2n) is 4.83. The summed E-state index contributed by atoms with van der Waals surface area (Å²) in [5.74, 6) is 0.865. The second kappa shape index (κ2) is 4.86. The third-order valence-electron chi connectivity index (χ3n) is 3.42. The molecule has 0 amide bonds. The van der Waals surface area contributed by atoms with Gasteiger partial charge < -0.3 is 14.7 Å². The van der Waals surface area contributed by atoms with Crippen molar-refractivity contribution in [2.45, 2.75) is 12.8 Å². The van der Waals surface area contributed by atoms with Crippen LogP contribution in [0.15, 0.2) is 22.7 Å². The molecule has 0 unspecified atom stereocenters. The van der Waals surface area contributed by atoms with Crippen molar-refractivity contribution in [1.29, 1.82) is 0 Å². The van der Waals surface area contributed by atoms with E-state index in [2.05, 4.69) is 20.8 Å². The van der Waals surface area contributed by atoms with E-state index in [1.54, 1.807) is 7.11 Å². The summed E-state index contributed by atoms with van der Waals surface area (Å²) in [6.45, 7) is 1.14. The van der Waals surface area contributed by atoms with E-state index in [1.165, 1.54) is 0 Å². The highest BCUT2D eigenvalue weighted by Gasteiger charge is 2.43. The number of rotatable bonds is 5. The first-order valence-electron chi connectivity index (χ1n) is 5.76. The molecule has 3 nitrogen and oxygen atoms in total. The summed E-state index contributed by atoms with van der Waals surface area (Å²) in [6.07, 6.45) is 2.23. The maximum absolute atomic E-state index is 9.37. The highest BCUT2D eigenvalue weighted by atomic mass is 79.9. The molecule has 0 aromatic heterocycles. The first kappa shape index (κ1) is 12.7. The van der Waals surface area contributed by atoms with E-state index in [0.29, 0.717) is 0 Å². The van der Waals surface area contributed by atoms with Crippen molar-refractivity contribution in [1.82, 2.24) is 0 Å². The minimum atomic E-state index is 0.113. The van der Waals surface area contributed by atoms with E-state index >= 15 is 0 Å². The lowest BCUT2D eigenvalue weighted by Crippen LogP contribution is -2.28. The molecule has 94 valence electrons. The fourth-order valence-corrected chi connectivity index (χ4v) is 2.44. The average molecular weight is 300 g/mol. The lowest BCUT2D eigenvalue weighted by molar-refractivity contribution is 0.215. The Morgan fingerprint density at radius 1 is 1.47 bits per heavy atom. The predicted molar refractivity (Wildman–Crippen MR) is 72.7 cm³/mol. The molecule has 1 aliphatic carbocycles. The SMILES string of the molecule is COc1ccc(Br)cc1N(C)CC1(CO)CC1. The first-order valence-corrected chi connectivity index (χ1v) is 6.55. The van der Waals surface area contributed by atoms with Crippen molar-refractivity contribution in [3.05, 3.63) is 22.7 Å². The van der Waals surface area contributed by atoms with Gasteiger partial charge in [0, 0.05) is 23.5 Å². The van der Waals surface area contributed by atoms with Crippen LogP contribution in [-0.4, -0.2) is 32.4 Å². The highest BCUT2D eigenvalue weighted by molar-refractivity contribution is 9.10. The zero-order valence-electron chi connectivity index (χ0n) is 10.2. The minimum absolute atomic E-state index is 0.113. The number of hydrogen-bond acceptors (Lipinski definition) is 3. The standard InChI is InChI=1S/C13H18BrNO2/c1-15(8-13(9-16)5-6-13)11-7-10(14)3-4-12(11)17-2/h3-4,7,16H,5-6,8-9H2,1-2H3. The van der Waals surface area contributed by atoms with E-state index in [0.717, 1.165) is 35.3 Å². The molecule has 0 saturated heterocycles. The largest absolute Gasteiger partial charge is 0.495 e. The van der Waals surface area contributed by atoms with E-state index in [4.69, 9.17) is 4.74 Å². The molecule has 1 aromatic carbocycles. The number of halogens is 1. The Labute approximate surface area is 111 Å². The van der Waals surface area contributed by atoms with Gasteiger partial charge >= 0.3 is 0 Å². The second-order valence-corrected chi connectivity index (χ2v) is 5.75. The summed E-state index contributed by atoms with van der Waals surface area (Å²) < 4.78 is 6.40. The van der Waals surface area contributed by atoms with Gasteiger partial charge in [0.2, 0.25) is 0 Å². The average Bonchev–Trinajstić information content (AvgIpc) is 3.09. The van der Waals surface area contributed by atoms with Crippen LogP contribution < -0.4 is 9.64 Å². The smallest absolute Gasteiger partial charge is 0.142 e. The molecule has 2 rings (SSSR count). The summed E-state index contributed by atoms with van der Waals surface area (Å²) in [4.78, 5) is 2.16. The van der Waals surface area contributed by atoms with Gasteiger partial charge in [-0.15, -0.1) is 0 Å². The molecule has 0 bridgehead atoms. The van der Waals surface area contributed by atoms with E-state index < -0.39 is 0 Å². The fraction of sp³-hybridized carbons (Fsp3) is 0.538. The number of ether oxygens (including phenoxy) is 1. The van der Waals surface area contributed by atoms with Crippen molar-refractivity contribution in [3.8, 4) is 5.75 Å². The quantitative estimate of drug-likeness (QED) is 0.907. The normalized spacial score (nSPS) is 16.7. The zero-order chi connectivity index (χ0) is 12.5. The van der Waals surface area contributed by atoms with Crippen LogP contribution in [0.2, 0.25) is 0 Å². The predicted octanol–water partition coefficient (Wildman–Crippen LogP) is 2.67. The Morgan fingerprint density at radius 2 is 2.18 bits per heavy atom. The topological polar surface area (TPSA) is 32.7 Å². The summed E-state index contributed by atoms with van der Waals surface area (Å²) in [5, 5.41) is 9.37. The highest BCUT2D eigenvalue weighted by Crippen LogP contribution is 2.46. The van der Waals surface area contributed by atoms with Crippen LogP contribution in [0.1, 0.15) is 12.8 Å².